The molecule has 0 spiro atoms. The van der Waals surface area contributed by atoms with Gasteiger partial charge in [0.15, 0.2) is 6.73 Å². The van der Waals surface area contributed by atoms with Gasteiger partial charge in [0.2, 0.25) is 0 Å². The lowest BCUT2D eigenvalue weighted by Gasteiger charge is -2.15. The zero-order valence-corrected chi connectivity index (χ0v) is 6.40. The van der Waals surface area contributed by atoms with E-state index in [1.54, 1.807) is 4.90 Å². The van der Waals surface area contributed by atoms with E-state index in [1.165, 1.54) is 0 Å². The summed E-state index contributed by atoms with van der Waals surface area (Å²) >= 11 is 0. The third-order valence-corrected chi connectivity index (χ3v) is 1.45. The molecular weight excluding hydrogens is 142 g/mol. The smallest absolute Gasteiger partial charge is 0.153 e. The number of nitrogens with zero attached hydrogens (tertiary/aromatic N) is 1. The molecule has 1 rings (SSSR count). The van der Waals surface area contributed by atoms with Crippen molar-refractivity contribution < 1.29 is 10.1 Å². The van der Waals surface area contributed by atoms with Crippen LogP contribution >= 0.6 is 0 Å². The summed E-state index contributed by atoms with van der Waals surface area (Å²) in [4.78, 5) is 5.78. The van der Waals surface area contributed by atoms with Gasteiger partial charge in [0, 0.05) is 12.7 Å². The summed E-state index contributed by atoms with van der Waals surface area (Å²) in [7, 11) is 1.84. The molecule has 0 saturated carbocycles. The number of benzene rings is 1. The van der Waals surface area contributed by atoms with Gasteiger partial charge in [-0.3, -0.25) is 0 Å². The van der Waals surface area contributed by atoms with Crippen molar-refractivity contribution in [3.8, 4) is 0 Å². The Bertz CT molecular complexity index is 201. The predicted molar refractivity (Wildman–Crippen MR) is 43.4 cm³/mol. The number of hydrogen-bond donors (Lipinski definition) is 1. The Hall–Kier alpha value is -1.06. The Morgan fingerprint density at radius 1 is 1.36 bits per heavy atom. The number of hydrogen-bond acceptors (Lipinski definition) is 3. The van der Waals surface area contributed by atoms with Crippen LogP contribution in [0.3, 0.4) is 0 Å². The van der Waals surface area contributed by atoms with Crippen molar-refractivity contribution in [1.82, 2.24) is 0 Å². The Kier molecular flexibility index (Phi) is 2.89. The summed E-state index contributed by atoms with van der Waals surface area (Å²) in [6.07, 6.45) is 0. The second-order valence-electron chi connectivity index (χ2n) is 2.29. The highest BCUT2D eigenvalue weighted by Crippen LogP contribution is 2.09. The van der Waals surface area contributed by atoms with Crippen LogP contribution in [-0.4, -0.2) is 19.0 Å². The van der Waals surface area contributed by atoms with Crippen molar-refractivity contribution in [2.45, 2.75) is 0 Å². The molecule has 0 saturated heterocycles. The summed E-state index contributed by atoms with van der Waals surface area (Å²) < 4.78 is 0. The molecular formula is C8H11NO2. The average molecular weight is 153 g/mol. The summed E-state index contributed by atoms with van der Waals surface area (Å²) in [5, 5.41) is 8.16. The Labute approximate surface area is 65.8 Å². The topological polar surface area (TPSA) is 32.7 Å². The van der Waals surface area contributed by atoms with E-state index in [0.29, 0.717) is 0 Å². The Morgan fingerprint density at radius 3 is 2.55 bits per heavy atom. The number of rotatable bonds is 3. The molecule has 0 radical (unpaired) electrons. The second-order valence-corrected chi connectivity index (χ2v) is 2.29. The van der Waals surface area contributed by atoms with E-state index in [2.05, 4.69) is 4.89 Å². The monoisotopic (exact) mass is 153 g/mol. The van der Waals surface area contributed by atoms with E-state index in [0.717, 1.165) is 5.69 Å². The molecule has 1 aromatic carbocycles. The molecule has 60 valence electrons. The van der Waals surface area contributed by atoms with Gasteiger partial charge in [-0.25, -0.2) is 10.1 Å². The molecule has 0 aliphatic carbocycles. The molecule has 0 aliphatic rings. The first-order valence-electron chi connectivity index (χ1n) is 3.37. The molecule has 0 aromatic heterocycles. The number of anilines is 1. The van der Waals surface area contributed by atoms with Crippen LogP contribution in [0.4, 0.5) is 5.69 Å². The average Bonchev–Trinajstić information content (AvgIpc) is 2.07. The molecule has 1 N–H and O–H groups in total. The Morgan fingerprint density at radius 2 is 2.00 bits per heavy atom. The van der Waals surface area contributed by atoms with Crippen LogP contribution in [0.1, 0.15) is 0 Å². The van der Waals surface area contributed by atoms with Gasteiger partial charge < -0.3 is 4.90 Å². The summed E-state index contributed by atoms with van der Waals surface area (Å²) in [5.74, 6) is 0. The van der Waals surface area contributed by atoms with Crippen molar-refractivity contribution >= 4 is 5.69 Å². The zero-order chi connectivity index (χ0) is 8.10. The van der Waals surface area contributed by atoms with Crippen molar-refractivity contribution in [1.29, 1.82) is 0 Å². The minimum atomic E-state index is 0.185. The minimum Gasteiger partial charge on any atom is -0.349 e. The van der Waals surface area contributed by atoms with Crippen molar-refractivity contribution in [2.75, 3.05) is 18.7 Å². The van der Waals surface area contributed by atoms with E-state index in [9.17, 15) is 0 Å². The van der Waals surface area contributed by atoms with Gasteiger partial charge in [0.05, 0.1) is 0 Å². The third-order valence-electron chi connectivity index (χ3n) is 1.45. The highest BCUT2D eigenvalue weighted by Gasteiger charge is 1.96. The molecule has 1 aromatic rings. The van der Waals surface area contributed by atoms with Crippen LogP contribution in [-0.2, 0) is 4.89 Å². The molecule has 0 amide bonds. The number of para-hydroxylation sites is 1. The summed E-state index contributed by atoms with van der Waals surface area (Å²) in [6.45, 7) is 0.185. The lowest BCUT2D eigenvalue weighted by Crippen LogP contribution is -2.19. The lowest BCUT2D eigenvalue weighted by atomic mass is 10.3. The fraction of sp³-hybridized carbons (Fsp3) is 0.250. The van der Waals surface area contributed by atoms with Gasteiger partial charge >= 0.3 is 0 Å². The maximum absolute atomic E-state index is 8.16. The molecule has 0 fully saturated rings. The second kappa shape index (κ2) is 3.95. The quantitative estimate of drug-likeness (QED) is 0.406. The normalized spacial score (nSPS) is 9.64. The molecule has 0 heterocycles. The van der Waals surface area contributed by atoms with E-state index in [4.69, 9.17) is 5.26 Å². The van der Waals surface area contributed by atoms with Crippen molar-refractivity contribution in [2.24, 2.45) is 0 Å². The first-order valence-corrected chi connectivity index (χ1v) is 3.37. The molecule has 0 bridgehead atoms. The maximum atomic E-state index is 8.16. The first kappa shape index (κ1) is 8.04. The van der Waals surface area contributed by atoms with Gasteiger partial charge in [-0.1, -0.05) is 18.2 Å². The molecule has 11 heavy (non-hydrogen) atoms. The predicted octanol–water partition coefficient (Wildman–Crippen LogP) is 1.57. The van der Waals surface area contributed by atoms with E-state index < -0.39 is 0 Å². The van der Waals surface area contributed by atoms with Crippen LogP contribution in [0.5, 0.6) is 0 Å². The molecule has 3 heteroatoms. The highest BCUT2D eigenvalue weighted by atomic mass is 17.1. The Balaban J connectivity index is 2.61. The van der Waals surface area contributed by atoms with Gasteiger partial charge in [0.25, 0.3) is 0 Å². The van der Waals surface area contributed by atoms with Crippen LogP contribution < -0.4 is 4.90 Å². The standard InChI is InChI=1S/C8H11NO2/c1-9(7-11-10)8-5-3-2-4-6-8/h2-6,10H,7H2,1H3. The van der Waals surface area contributed by atoms with E-state index in [-0.39, 0.29) is 6.73 Å². The van der Waals surface area contributed by atoms with Crippen LogP contribution in [0.15, 0.2) is 30.3 Å². The van der Waals surface area contributed by atoms with Gasteiger partial charge in [0.1, 0.15) is 0 Å². The highest BCUT2D eigenvalue weighted by molar-refractivity contribution is 5.44. The molecule has 0 aliphatic heterocycles. The zero-order valence-electron chi connectivity index (χ0n) is 6.40. The van der Waals surface area contributed by atoms with Gasteiger partial charge in [-0.2, -0.15) is 0 Å². The van der Waals surface area contributed by atoms with Gasteiger partial charge in [-0.15, -0.1) is 0 Å². The SMILES string of the molecule is CN(COO)c1ccccc1. The van der Waals surface area contributed by atoms with E-state index >= 15 is 0 Å². The van der Waals surface area contributed by atoms with Crippen LogP contribution in [0, 0.1) is 0 Å². The van der Waals surface area contributed by atoms with Crippen molar-refractivity contribution in [3.63, 3.8) is 0 Å². The van der Waals surface area contributed by atoms with Crippen molar-refractivity contribution in [3.05, 3.63) is 30.3 Å². The minimum absolute atomic E-state index is 0.185. The molecule has 0 unspecified atom stereocenters. The van der Waals surface area contributed by atoms with Crippen LogP contribution in [0.25, 0.3) is 0 Å². The summed E-state index contributed by atoms with van der Waals surface area (Å²) in [5.41, 5.74) is 1.02. The third kappa shape index (κ3) is 2.22. The van der Waals surface area contributed by atoms with Crippen LogP contribution in [0.2, 0.25) is 0 Å². The lowest BCUT2D eigenvalue weighted by molar-refractivity contribution is -0.240. The fourth-order valence-corrected chi connectivity index (χ4v) is 0.844. The molecule has 3 nitrogen and oxygen atoms in total. The maximum Gasteiger partial charge on any atom is 0.153 e. The first-order chi connectivity index (χ1) is 5.34. The summed E-state index contributed by atoms with van der Waals surface area (Å²) in [6, 6.07) is 9.70. The van der Waals surface area contributed by atoms with Gasteiger partial charge in [-0.05, 0) is 12.1 Å². The largest absolute Gasteiger partial charge is 0.349 e. The fourth-order valence-electron chi connectivity index (χ4n) is 0.844. The molecule has 0 atom stereocenters. The van der Waals surface area contributed by atoms with E-state index in [1.807, 2.05) is 37.4 Å².